The summed E-state index contributed by atoms with van der Waals surface area (Å²) in [5, 5.41) is 13.5. The van der Waals surface area contributed by atoms with E-state index in [0.29, 0.717) is 5.56 Å². The van der Waals surface area contributed by atoms with Crippen molar-refractivity contribution in [2.45, 2.75) is 0 Å². The van der Waals surface area contributed by atoms with Crippen LogP contribution in [-0.4, -0.2) is 24.3 Å². The number of carbonyl (C=O) groups excluding carboxylic acids is 1. The number of methoxy groups -OCH3 is 1. The summed E-state index contributed by atoms with van der Waals surface area (Å²) in [6.07, 6.45) is 1.34. The minimum Gasteiger partial charge on any atom is -0.503 e. The van der Waals surface area contributed by atoms with Crippen LogP contribution in [-0.2, 0) is 0 Å². The number of aromatic hydroxyl groups is 1. The average molecular weight is 323 g/mol. The summed E-state index contributed by atoms with van der Waals surface area (Å²) < 4.78 is 17.7. The first-order valence-corrected chi connectivity index (χ1v) is 6.54. The van der Waals surface area contributed by atoms with Crippen molar-refractivity contribution in [1.82, 2.24) is 5.43 Å². The summed E-state index contributed by atoms with van der Waals surface area (Å²) in [5.74, 6) is -0.880. The lowest BCUT2D eigenvalue weighted by Crippen LogP contribution is -2.17. The molecule has 0 unspecified atom stereocenters. The number of rotatable bonds is 4. The predicted octanol–water partition coefficient (Wildman–Crippen LogP) is 2.96. The van der Waals surface area contributed by atoms with Gasteiger partial charge in [-0.1, -0.05) is 11.6 Å². The molecule has 0 atom stereocenters. The van der Waals surface area contributed by atoms with E-state index in [1.165, 1.54) is 49.7 Å². The Labute approximate surface area is 131 Å². The van der Waals surface area contributed by atoms with Gasteiger partial charge in [-0.2, -0.15) is 5.10 Å². The molecule has 5 nitrogen and oxygen atoms in total. The zero-order chi connectivity index (χ0) is 16.1. The SMILES string of the molecule is COc1cc(/C=N\NC(=O)c2ccc(F)cc2)cc(Cl)c1O. The molecule has 2 N–H and O–H groups in total. The molecule has 0 saturated heterocycles. The van der Waals surface area contributed by atoms with E-state index < -0.39 is 11.7 Å². The number of ether oxygens (including phenoxy) is 1. The van der Waals surface area contributed by atoms with Crippen LogP contribution in [0.2, 0.25) is 5.02 Å². The normalized spacial score (nSPS) is 10.7. The second-order valence-corrected chi connectivity index (χ2v) is 4.67. The smallest absolute Gasteiger partial charge is 0.271 e. The average Bonchev–Trinajstić information content (AvgIpc) is 2.51. The Kier molecular flexibility index (Phi) is 4.95. The van der Waals surface area contributed by atoms with Crippen molar-refractivity contribution in [1.29, 1.82) is 0 Å². The zero-order valence-corrected chi connectivity index (χ0v) is 12.3. The third-order valence-corrected chi connectivity index (χ3v) is 3.04. The summed E-state index contributed by atoms with van der Waals surface area (Å²) in [6.45, 7) is 0. The minimum absolute atomic E-state index is 0.102. The predicted molar refractivity (Wildman–Crippen MR) is 81.1 cm³/mol. The Morgan fingerprint density at radius 1 is 1.36 bits per heavy atom. The van der Waals surface area contributed by atoms with E-state index in [-0.39, 0.29) is 22.1 Å². The topological polar surface area (TPSA) is 70.9 Å². The van der Waals surface area contributed by atoms with Gasteiger partial charge in [-0.05, 0) is 42.0 Å². The minimum atomic E-state index is -0.479. The van der Waals surface area contributed by atoms with Gasteiger partial charge in [0.05, 0.1) is 18.3 Å². The molecule has 0 aromatic heterocycles. The number of halogens is 2. The van der Waals surface area contributed by atoms with Gasteiger partial charge < -0.3 is 9.84 Å². The Hall–Kier alpha value is -2.60. The molecule has 0 radical (unpaired) electrons. The number of nitrogens with zero attached hydrogens (tertiary/aromatic N) is 1. The lowest BCUT2D eigenvalue weighted by atomic mass is 10.2. The van der Waals surface area contributed by atoms with Crippen LogP contribution in [0, 0.1) is 5.82 Å². The first-order valence-electron chi connectivity index (χ1n) is 6.16. The van der Waals surface area contributed by atoms with E-state index >= 15 is 0 Å². The quantitative estimate of drug-likeness (QED) is 0.671. The largest absolute Gasteiger partial charge is 0.503 e. The van der Waals surface area contributed by atoms with Gasteiger partial charge >= 0.3 is 0 Å². The number of benzene rings is 2. The van der Waals surface area contributed by atoms with Crippen LogP contribution in [0.1, 0.15) is 15.9 Å². The molecule has 0 aliphatic rings. The van der Waals surface area contributed by atoms with Crippen molar-refractivity contribution in [2.24, 2.45) is 5.10 Å². The number of hydrazone groups is 1. The maximum atomic E-state index is 12.8. The van der Waals surface area contributed by atoms with Crippen LogP contribution < -0.4 is 10.2 Å². The van der Waals surface area contributed by atoms with Gasteiger partial charge in [0.15, 0.2) is 11.5 Å². The van der Waals surface area contributed by atoms with E-state index in [2.05, 4.69) is 10.5 Å². The Morgan fingerprint density at radius 3 is 2.68 bits per heavy atom. The van der Waals surface area contributed by atoms with Gasteiger partial charge in [0.1, 0.15) is 5.82 Å². The molecule has 0 saturated carbocycles. The van der Waals surface area contributed by atoms with Crippen LogP contribution in [0.3, 0.4) is 0 Å². The molecule has 1 amide bonds. The summed E-state index contributed by atoms with van der Waals surface area (Å²) in [4.78, 5) is 11.8. The van der Waals surface area contributed by atoms with E-state index in [0.717, 1.165) is 0 Å². The van der Waals surface area contributed by atoms with Crippen molar-refractivity contribution in [3.8, 4) is 11.5 Å². The van der Waals surface area contributed by atoms with Gasteiger partial charge in [0.25, 0.3) is 5.91 Å². The molecule has 22 heavy (non-hydrogen) atoms. The van der Waals surface area contributed by atoms with Crippen LogP contribution >= 0.6 is 11.6 Å². The van der Waals surface area contributed by atoms with Gasteiger partial charge in [-0.3, -0.25) is 4.79 Å². The van der Waals surface area contributed by atoms with Gasteiger partial charge in [-0.25, -0.2) is 9.82 Å². The summed E-state index contributed by atoms with van der Waals surface area (Å²) in [7, 11) is 1.39. The molecule has 7 heteroatoms. The second-order valence-electron chi connectivity index (χ2n) is 4.26. The van der Waals surface area contributed by atoms with Gasteiger partial charge in [0.2, 0.25) is 0 Å². The highest BCUT2D eigenvalue weighted by molar-refractivity contribution is 6.32. The third-order valence-electron chi connectivity index (χ3n) is 2.76. The molecule has 0 bridgehead atoms. The van der Waals surface area contributed by atoms with Crippen molar-refractivity contribution in [3.63, 3.8) is 0 Å². The first-order chi connectivity index (χ1) is 10.5. The third kappa shape index (κ3) is 3.73. The summed E-state index contributed by atoms with van der Waals surface area (Å²) in [5.41, 5.74) is 3.10. The molecule has 2 aromatic rings. The molecule has 0 fully saturated rings. The van der Waals surface area contributed by atoms with Crippen LogP contribution in [0.5, 0.6) is 11.5 Å². The van der Waals surface area contributed by atoms with Crippen LogP contribution in [0.25, 0.3) is 0 Å². The van der Waals surface area contributed by atoms with Crippen molar-refractivity contribution < 1.29 is 19.0 Å². The van der Waals surface area contributed by atoms with Crippen LogP contribution in [0.15, 0.2) is 41.5 Å². The van der Waals surface area contributed by atoms with E-state index in [9.17, 15) is 14.3 Å². The zero-order valence-electron chi connectivity index (χ0n) is 11.5. The van der Waals surface area contributed by atoms with E-state index in [4.69, 9.17) is 16.3 Å². The fourth-order valence-electron chi connectivity index (χ4n) is 1.66. The molecule has 0 aliphatic heterocycles. The lowest BCUT2D eigenvalue weighted by molar-refractivity contribution is 0.0955. The number of phenols is 1. The van der Waals surface area contributed by atoms with Crippen molar-refractivity contribution >= 4 is 23.7 Å². The number of carbonyl (C=O) groups is 1. The fraction of sp³-hybridized carbons (Fsp3) is 0.0667. The maximum absolute atomic E-state index is 12.8. The lowest BCUT2D eigenvalue weighted by Gasteiger charge is -2.06. The molecular weight excluding hydrogens is 311 g/mol. The standard InChI is InChI=1S/C15H12ClFN2O3/c1-22-13-7-9(6-12(16)14(13)20)8-18-19-15(21)10-2-4-11(17)5-3-10/h2-8,20H,1H3,(H,19,21)/b18-8-. The highest BCUT2D eigenvalue weighted by Gasteiger charge is 2.08. The Bertz CT molecular complexity index is 717. The second kappa shape index (κ2) is 6.91. The number of hydrogen-bond acceptors (Lipinski definition) is 4. The highest BCUT2D eigenvalue weighted by atomic mass is 35.5. The molecule has 0 aliphatic carbocycles. The fourth-order valence-corrected chi connectivity index (χ4v) is 1.87. The van der Waals surface area contributed by atoms with Crippen molar-refractivity contribution in [3.05, 3.63) is 58.4 Å². The number of hydrogen-bond donors (Lipinski definition) is 2. The van der Waals surface area contributed by atoms with Crippen molar-refractivity contribution in [2.75, 3.05) is 7.11 Å². The van der Waals surface area contributed by atoms with Gasteiger partial charge in [-0.15, -0.1) is 0 Å². The molecule has 114 valence electrons. The number of nitrogens with one attached hydrogen (secondary N) is 1. The monoisotopic (exact) mass is 322 g/mol. The molecule has 0 heterocycles. The summed E-state index contributed by atoms with van der Waals surface area (Å²) >= 11 is 5.84. The molecule has 2 aromatic carbocycles. The number of phenolic OH excluding ortho intramolecular Hbond substituents is 1. The van der Waals surface area contributed by atoms with Gasteiger partial charge in [0, 0.05) is 5.56 Å². The molecule has 2 rings (SSSR count). The summed E-state index contributed by atoms with van der Waals surface area (Å²) in [6, 6.07) is 8.04. The molecular formula is C15H12ClFN2O3. The van der Waals surface area contributed by atoms with E-state index in [1.54, 1.807) is 0 Å². The Morgan fingerprint density at radius 2 is 2.05 bits per heavy atom. The first kappa shape index (κ1) is 15.8. The highest BCUT2D eigenvalue weighted by Crippen LogP contribution is 2.34. The Balaban J connectivity index is 2.08. The van der Waals surface area contributed by atoms with E-state index in [1.807, 2.05) is 0 Å². The van der Waals surface area contributed by atoms with Crippen LogP contribution in [0.4, 0.5) is 4.39 Å². The molecule has 0 spiro atoms. The number of amides is 1. The maximum Gasteiger partial charge on any atom is 0.271 e.